The number of halogens is 3. The van der Waals surface area contributed by atoms with Gasteiger partial charge >= 0.3 is 0 Å². The van der Waals surface area contributed by atoms with Gasteiger partial charge in [0.15, 0.2) is 0 Å². The number of hydrogen-bond donors (Lipinski definition) is 0. The summed E-state index contributed by atoms with van der Waals surface area (Å²) in [5.74, 6) is -0.480. The van der Waals surface area contributed by atoms with Gasteiger partial charge in [0.05, 0.1) is 12.0 Å². The second-order valence-corrected chi connectivity index (χ2v) is 8.18. The second kappa shape index (κ2) is 5.52. The number of thiophene rings is 1. The fourth-order valence-electron chi connectivity index (χ4n) is 2.39. The Hall–Kier alpha value is -1.10. The minimum Gasteiger partial charge on any atom is -0.307 e. The molecule has 1 amide bonds. The average Bonchev–Trinajstić information content (AvgIpc) is 2.83. The van der Waals surface area contributed by atoms with Crippen molar-refractivity contribution in [3.63, 3.8) is 0 Å². The molecular weight excluding hydrogens is 344 g/mol. The Bertz CT molecular complexity index is 687. The molecular formula is C16H14Cl2FNOS. The number of carbonyl (C=O) groups excluding carboxylic acids is 1. The minimum absolute atomic E-state index is 0.141. The van der Waals surface area contributed by atoms with Crippen molar-refractivity contribution in [1.82, 2.24) is 0 Å². The normalized spacial score (nSPS) is 22.4. The van der Waals surface area contributed by atoms with Crippen molar-refractivity contribution in [3.8, 4) is 0 Å². The third-order valence-corrected chi connectivity index (χ3v) is 5.97. The Morgan fingerprint density at radius 3 is 2.45 bits per heavy atom. The molecule has 0 aliphatic heterocycles. The van der Waals surface area contributed by atoms with Gasteiger partial charge in [0, 0.05) is 10.6 Å². The second-order valence-electron chi connectivity index (χ2n) is 5.66. The van der Waals surface area contributed by atoms with Crippen LogP contribution in [0.4, 0.5) is 10.1 Å². The number of benzene rings is 1. The summed E-state index contributed by atoms with van der Waals surface area (Å²) in [4.78, 5) is 15.6. The van der Waals surface area contributed by atoms with Crippen LogP contribution < -0.4 is 4.90 Å². The largest absolute Gasteiger partial charge is 0.307 e. The van der Waals surface area contributed by atoms with E-state index in [1.807, 2.05) is 17.5 Å². The van der Waals surface area contributed by atoms with Gasteiger partial charge in [-0.3, -0.25) is 4.79 Å². The molecule has 1 aliphatic rings. The third-order valence-electron chi connectivity index (χ3n) is 4.01. The summed E-state index contributed by atoms with van der Waals surface area (Å²) in [6, 6.07) is 9.76. The fraction of sp³-hybridized carbons (Fsp3) is 0.312. The lowest BCUT2D eigenvalue weighted by Gasteiger charge is -2.26. The van der Waals surface area contributed by atoms with Crippen LogP contribution in [-0.4, -0.2) is 10.2 Å². The summed E-state index contributed by atoms with van der Waals surface area (Å²) in [5, 5.41) is 1.95. The molecule has 0 radical (unpaired) electrons. The highest BCUT2D eigenvalue weighted by Crippen LogP contribution is 2.64. The van der Waals surface area contributed by atoms with Crippen LogP contribution in [0.2, 0.25) is 0 Å². The highest BCUT2D eigenvalue weighted by Gasteiger charge is 2.68. The molecule has 1 unspecified atom stereocenters. The fourth-order valence-corrected chi connectivity index (χ4v) is 3.78. The van der Waals surface area contributed by atoms with Crippen LogP contribution in [0.1, 0.15) is 18.2 Å². The topological polar surface area (TPSA) is 20.3 Å². The zero-order chi connectivity index (χ0) is 16.0. The van der Waals surface area contributed by atoms with Gasteiger partial charge in [-0.05, 0) is 49.1 Å². The van der Waals surface area contributed by atoms with E-state index in [0.29, 0.717) is 18.7 Å². The predicted octanol–water partition coefficient (Wildman–Crippen LogP) is 5.00. The van der Waals surface area contributed by atoms with E-state index in [9.17, 15) is 9.18 Å². The molecule has 1 fully saturated rings. The maximum atomic E-state index is 13.2. The lowest BCUT2D eigenvalue weighted by Crippen LogP contribution is -2.37. The van der Waals surface area contributed by atoms with Gasteiger partial charge in [0.2, 0.25) is 5.91 Å². The number of anilines is 1. The number of carbonyl (C=O) groups is 1. The molecule has 6 heteroatoms. The van der Waals surface area contributed by atoms with E-state index in [4.69, 9.17) is 23.2 Å². The molecule has 0 bridgehead atoms. The molecule has 22 heavy (non-hydrogen) atoms. The summed E-state index contributed by atoms with van der Waals surface area (Å²) in [7, 11) is 0. The third kappa shape index (κ3) is 2.75. The van der Waals surface area contributed by atoms with Crippen LogP contribution in [-0.2, 0) is 11.3 Å². The summed E-state index contributed by atoms with van der Waals surface area (Å²) in [6.45, 7) is 2.18. The van der Waals surface area contributed by atoms with Gasteiger partial charge in [-0.1, -0.05) is 6.07 Å². The van der Waals surface area contributed by atoms with E-state index in [1.165, 1.54) is 12.1 Å². The van der Waals surface area contributed by atoms with Crippen LogP contribution in [0.3, 0.4) is 0 Å². The number of alkyl halides is 2. The molecule has 1 aliphatic carbocycles. The van der Waals surface area contributed by atoms with Gasteiger partial charge in [-0.15, -0.1) is 34.5 Å². The van der Waals surface area contributed by atoms with Crippen molar-refractivity contribution in [2.45, 2.75) is 24.2 Å². The average molecular weight is 358 g/mol. The van der Waals surface area contributed by atoms with E-state index in [0.717, 1.165) is 4.88 Å². The van der Waals surface area contributed by atoms with Gasteiger partial charge in [0.25, 0.3) is 0 Å². The number of rotatable bonds is 4. The van der Waals surface area contributed by atoms with Crippen molar-refractivity contribution in [3.05, 3.63) is 52.5 Å². The van der Waals surface area contributed by atoms with Crippen molar-refractivity contribution in [2.24, 2.45) is 5.41 Å². The van der Waals surface area contributed by atoms with Crippen LogP contribution in [0, 0.1) is 11.2 Å². The number of nitrogens with zero attached hydrogens (tertiary/aromatic N) is 1. The molecule has 0 N–H and O–H groups in total. The quantitative estimate of drug-likeness (QED) is 0.704. The molecule has 1 aromatic carbocycles. The lowest BCUT2D eigenvalue weighted by atomic mass is 10.1. The Balaban J connectivity index is 1.93. The Labute approximate surface area is 142 Å². The first kappa shape index (κ1) is 15.8. The molecule has 1 aromatic heterocycles. The van der Waals surface area contributed by atoms with Gasteiger partial charge in [0.1, 0.15) is 10.2 Å². The molecule has 2 aromatic rings. The van der Waals surface area contributed by atoms with Crippen LogP contribution >= 0.6 is 34.5 Å². The van der Waals surface area contributed by atoms with Crippen LogP contribution in [0.5, 0.6) is 0 Å². The van der Waals surface area contributed by atoms with Gasteiger partial charge < -0.3 is 4.90 Å². The summed E-state index contributed by atoms with van der Waals surface area (Å²) < 4.78 is 12.1. The molecule has 116 valence electrons. The SMILES string of the molecule is CC1(C(=O)N(Cc2cccs2)c2ccc(F)cc2)CC1(Cl)Cl. The van der Waals surface area contributed by atoms with E-state index in [-0.39, 0.29) is 11.7 Å². The summed E-state index contributed by atoms with van der Waals surface area (Å²) in [6.07, 6.45) is 0.421. The maximum absolute atomic E-state index is 13.2. The van der Waals surface area contributed by atoms with Crippen LogP contribution in [0.25, 0.3) is 0 Å². The Kier molecular flexibility index (Phi) is 3.96. The van der Waals surface area contributed by atoms with Gasteiger partial charge in [-0.2, -0.15) is 0 Å². The first-order valence-corrected chi connectivity index (χ1v) is 8.45. The van der Waals surface area contributed by atoms with Gasteiger partial charge in [-0.25, -0.2) is 4.39 Å². The number of amides is 1. The summed E-state index contributed by atoms with van der Waals surface area (Å²) >= 11 is 13.8. The molecule has 2 nitrogen and oxygen atoms in total. The molecule has 1 heterocycles. The van der Waals surface area contributed by atoms with E-state index in [1.54, 1.807) is 35.3 Å². The number of hydrogen-bond acceptors (Lipinski definition) is 2. The Morgan fingerprint density at radius 2 is 1.95 bits per heavy atom. The smallest absolute Gasteiger partial charge is 0.236 e. The lowest BCUT2D eigenvalue weighted by molar-refractivity contribution is -0.123. The zero-order valence-electron chi connectivity index (χ0n) is 11.9. The highest BCUT2D eigenvalue weighted by atomic mass is 35.5. The van der Waals surface area contributed by atoms with E-state index in [2.05, 4.69) is 0 Å². The monoisotopic (exact) mass is 357 g/mol. The predicted molar refractivity (Wildman–Crippen MR) is 89.1 cm³/mol. The molecule has 0 spiro atoms. The minimum atomic E-state index is -1.03. The van der Waals surface area contributed by atoms with Crippen molar-refractivity contribution >= 4 is 46.1 Å². The highest BCUT2D eigenvalue weighted by molar-refractivity contribution is 7.09. The Morgan fingerprint density at radius 1 is 1.32 bits per heavy atom. The first-order valence-electron chi connectivity index (χ1n) is 6.81. The maximum Gasteiger partial charge on any atom is 0.236 e. The first-order chi connectivity index (χ1) is 10.3. The van der Waals surface area contributed by atoms with E-state index >= 15 is 0 Å². The zero-order valence-corrected chi connectivity index (χ0v) is 14.2. The molecule has 0 saturated heterocycles. The van der Waals surface area contributed by atoms with E-state index < -0.39 is 9.75 Å². The van der Waals surface area contributed by atoms with Crippen molar-refractivity contribution in [1.29, 1.82) is 0 Å². The molecule has 3 rings (SSSR count). The summed E-state index contributed by atoms with van der Waals surface area (Å²) in [5.41, 5.74) is -0.168. The molecule has 1 atom stereocenters. The van der Waals surface area contributed by atoms with Crippen LogP contribution in [0.15, 0.2) is 41.8 Å². The van der Waals surface area contributed by atoms with Crippen molar-refractivity contribution < 1.29 is 9.18 Å². The van der Waals surface area contributed by atoms with Crippen molar-refractivity contribution in [2.75, 3.05) is 4.90 Å². The molecule has 1 saturated carbocycles. The standard InChI is InChI=1S/C16H14Cl2FNOS/c1-15(10-16(15,17)18)14(21)20(9-13-3-2-8-22-13)12-6-4-11(19)5-7-12/h2-8H,9-10H2,1H3.